The first-order chi connectivity index (χ1) is 4.11. The van der Waals surface area contributed by atoms with Gasteiger partial charge in [-0.1, -0.05) is 0 Å². The zero-order valence-corrected chi connectivity index (χ0v) is 4.70. The molecule has 1 aliphatic rings. The van der Waals surface area contributed by atoms with Crippen molar-refractivity contribution in [3.05, 3.63) is 6.42 Å². The Morgan fingerprint density at radius 1 is 1.44 bits per heavy atom. The Balaban J connectivity index is 2.42. The maximum atomic E-state index is 11.7. The summed E-state index contributed by atoms with van der Waals surface area (Å²) < 4.78 is 35.0. The quantitative estimate of drug-likeness (QED) is 0.528. The molecular weight excluding hydrogens is 131 g/mol. The van der Waals surface area contributed by atoms with Gasteiger partial charge >= 0.3 is 6.18 Å². The van der Waals surface area contributed by atoms with Crippen LogP contribution >= 0.6 is 0 Å². The molecule has 0 amide bonds. The molecule has 0 spiro atoms. The molecule has 53 valence electrons. The molecule has 1 heterocycles. The van der Waals surface area contributed by atoms with Crippen LogP contribution in [-0.4, -0.2) is 18.8 Å². The zero-order valence-electron chi connectivity index (χ0n) is 4.70. The van der Waals surface area contributed by atoms with Crippen molar-refractivity contribution in [2.45, 2.75) is 18.6 Å². The molecule has 1 aliphatic heterocycles. The van der Waals surface area contributed by atoms with Gasteiger partial charge < -0.3 is 5.32 Å². The molecule has 4 heteroatoms. The summed E-state index contributed by atoms with van der Waals surface area (Å²) >= 11 is 0. The van der Waals surface area contributed by atoms with E-state index in [9.17, 15) is 13.2 Å². The smallest absolute Gasteiger partial charge is 0.306 e. The molecule has 0 aliphatic carbocycles. The van der Waals surface area contributed by atoms with Crippen molar-refractivity contribution in [2.75, 3.05) is 6.54 Å². The van der Waals surface area contributed by atoms with Crippen molar-refractivity contribution in [3.63, 3.8) is 0 Å². The highest BCUT2D eigenvalue weighted by atomic mass is 19.4. The molecule has 1 N–H and O–H groups in total. The van der Waals surface area contributed by atoms with Gasteiger partial charge in [-0.05, 0) is 19.4 Å². The number of hydrogen-bond donors (Lipinski definition) is 1. The minimum atomic E-state index is -4.06. The summed E-state index contributed by atoms with van der Waals surface area (Å²) in [5.41, 5.74) is 0. The molecule has 1 fully saturated rings. The molecule has 1 saturated heterocycles. The molecule has 1 radical (unpaired) electrons. The van der Waals surface area contributed by atoms with Gasteiger partial charge in [0.15, 0.2) is 0 Å². The zero-order chi connectivity index (χ0) is 6.91. The van der Waals surface area contributed by atoms with E-state index in [0.717, 1.165) is 0 Å². The van der Waals surface area contributed by atoms with Gasteiger partial charge in [0.1, 0.15) is 6.04 Å². The normalized spacial score (nSPS) is 29.0. The van der Waals surface area contributed by atoms with Gasteiger partial charge in [-0.3, -0.25) is 0 Å². The summed E-state index contributed by atoms with van der Waals surface area (Å²) in [4.78, 5) is 0. The maximum Gasteiger partial charge on any atom is 0.403 e. The van der Waals surface area contributed by atoms with Crippen molar-refractivity contribution >= 4 is 0 Å². The van der Waals surface area contributed by atoms with Gasteiger partial charge in [0, 0.05) is 0 Å². The van der Waals surface area contributed by atoms with E-state index >= 15 is 0 Å². The Morgan fingerprint density at radius 2 is 2.11 bits per heavy atom. The van der Waals surface area contributed by atoms with Gasteiger partial charge in [0.25, 0.3) is 0 Å². The SMILES string of the molecule is FC(F)(F)C1C[CH]CN1. The highest BCUT2D eigenvalue weighted by Gasteiger charge is 2.40. The molecule has 1 atom stereocenters. The summed E-state index contributed by atoms with van der Waals surface area (Å²) in [5.74, 6) is 0. The summed E-state index contributed by atoms with van der Waals surface area (Å²) in [6, 6.07) is -1.29. The predicted molar refractivity (Wildman–Crippen MR) is 26.8 cm³/mol. The second-order valence-corrected chi connectivity index (χ2v) is 2.03. The Labute approximate surface area is 51.2 Å². The fourth-order valence-corrected chi connectivity index (χ4v) is 0.808. The van der Waals surface area contributed by atoms with Gasteiger partial charge in [-0.15, -0.1) is 0 Å². The lowest BCUT2D eigenvalue weighted by molar-refractivity contribution is -0.151. The van der Waals surface area contributed by atoms with Crippen molar-refractivity contribution in [3.8, 4) is 0 Å². The third kappa shape index (κ3) is 1.58. The first-order valence-electron chi connectivity index (χ1n) is 2.72. The van der Waals surface area contributed by atoms with Crippen LogP contribution in [0.2, 0.25) is 0 Å². The molecule has 1 rings (SSSR count). The lowest BCUT2D eigenvalue weighted by atomic mass is 10.2. The van der Waals surface area contributed by atoms with Gasteiger partial charge in [-0.2, -0.15) is 13.2 Å². The molecule has 0 aromatic rings. The van der Waals surface area contributed by atoms with Crippen molar-refractivity contribution in [1.82, 2.24) is 5.32 Å². The van der Waals surface area contributed by atoms with Crippen LogP contribution in [0.1, 0.15) is 6.42 Å². The van der Waals surface area contributed by atoms with Crippen LogP contribution in [0.25, 0.3) is 0 Å². The number of alkyl halides is 3. The van der Waals surface area contributed by atoms with E-state index in [1.54, 1.807) is 6.42 Å². The number of nitrogens with one attached hydrogen (secondary N) is 1. The highest BCUT2D eigenvalue weighted by molar-refractivity contribution is 4.90. The number of halogens is 3. The second-order valence-electron chi connectivity index (χ2n) is 2.03. The largest absolute Gasteiger partial charge is 0.403 e. The predicted octanol–water partition coefficient (Wildman–Crippen LogP) is 1.11. The number of rotatable bonds is 0. The van der Waals surface area contributed by atoms with Crippen LogP contribution in [0.3, 0.4) is 0 Å². The van der Waals surface area contributed by atoms with Gasteiger partial charge in [0.05, 0.1) is 0 Å². The third-order valence-corrected chi connectivity index (χ3v) is 1.31. The third-order valence-electron chi connectivity index (χ3n) is 1.31. The molecule has 1 unspecified atom stereocenters. The van der Waals surface area contributed by atoms with E-state index in [1.165, 1.54) is 0 Å². The maximum absolute atomic E-state index is 11.7. The molecule has 0 saturated carbocycles. The van der Waals surface area contributed by atoms with Crippen LogP contribution in [0.15, 0.2) is 0 Å². The van der Waals surface area contributed by atoms with E-state index in [0.29, 0.717) is 6.54 Å². The minimum Gasteiger partial charge on any atom is -0.306 e. The standard InChI is InChI=1S/C5H7F3N/c6-5(7,8)4-2-1-3-9-4/h1,4,9H,2-3H2. The van der Waals surface area contributed by atoms with Crippen LogP contribution in [0.4, 0.5) is 13.2 Å². The Morgan fingerprint density at radius 3 is 2.33 bits per heavy atom. The number of hydrogen-bond acceptors (Lipinski definition) is 1. The Hall–Kier alpha value is -0.250. The van der Waals surface area contributed by atoms with Crippen molar-refractivity contribution in [2.24, 2.45) is 0 Å². The second kappa shape index (κ2) is 2.17. The average Bonchev–Trinajstić information content (AvgIpc) is 2.08. The van der Waals surface area contributed by atoms with Gasteiger partial charge in [-0.25, -0.2) is 0 Å². The molecule has 1 nitrogen and oxygen atoms in total. The highest BCUT2D eigenvalue weighted by Crippen LogP contribution is 2.25. The lowest BCUT2D eigenvalue weighted by Gasteiger charge is -2.13. The lowest BCUT2D eigenvalue weighted by Crippen LogP contribution is -2.36. The molecular formula is C5H7F3N. The Bertz CT molecular complexity index is 92.9. The average molecular weight is 138 g/mol. The van der Waals surface area contributed by atoms with Crippen LogP contribution in [0, 0.1) is 6.42 Å². The molecule has 0 aromatic carbocycles. The van der Waals surface area contributed by atoms with Crippen molar-refractivity contribution < 1.29 is 13.2 Å². The first-order valence-corrected chi connectivity index (χ1v) is 2.72. The van der Waals surface area contributed by atoms with E-state index in [1.807, 2.05) is 0 Å². The van der Waals surface area contributed by atoms with Crippen molar-refractivity contribution in [1.29, 1.82) is 0 Å². The van der Waals surface area contributed by atoms with Crippen LogP contribution in [0.5, 0.6) is 0 Å². The molecule has 0 bridgehead atoms. The summed E-state index contributed by atoms with van der Waals surface area (Å²) in [7, 11) is 0. The van der Waals surface area contributed by atoms with E-state index < -0.39 is 12.2 Å². The summed E-state index contributed by atoms with van der Waals surface area (Å²) in [6.07, 6.45) is -2.35. The van der Waals surface area contributed by atoms with Crippen LogP contribution < -0.4 is 5.32 Å². The first kappa shape index (κ1) is 6.86. The summed E-state index contributed by atoms with van der Waals surface area (Å²) in [6.45, 7) is 0.379. The van der Waals surface area contributed by atoms with E-state index in [-0.39, 0.29) is 6.42 Å². The van der Waals surface area contributed by atoms with E-state index in [4.69, 9.17) is 0 Å². The van der Waals surface area contributed by atoms with E-state index in [2.05, 4.69) is 5.32 Å². The Kier molecular flexibility index (Phi) is 1.66. The monoisotopic (exact) mass is 138 g/mol. The van der Waals surface area contributed by atoms with Crippen LogP contribution in [-0.2, 0) is 0 Å². The fraction of sp³-hybridized carbons (Fsp3) is 0.800. The molecule has 9 heavy (non-hydrogen) atoms. The summed E-state index contributed by atoms with van der Waals surface area (Å²) in [5, 5.41) is 2.32. The topological polar surface area (TPSA) is 12.0 Å². The fourth-order valence-electron chi connectivity index (χ4n) is 0.808. The van der Waals surface area contributed by atoms with Gasteiger partial charge in [0.2, 0.25) is 0 Å². The minimum absolute atomic E-state index is 0.115. The molecule has 0 aromatic heterocycles.